The lowest BCUT2D eigenvalue weighted by Gasteiger charge is -2.12. The van der Waals surface area contributed by atoms with E-state index in [0.29, 0.717) is 14.5 Å². The van der Waals surface area contributed by atoms with Crippen LogP contribution in [0.2, 0.25) is 0 Å². The van der Waals surface area contributed by atoms with Crippen molar-refractivity contribution >= 4 is 50.2 Å². The zero-order valence-electron chi connectivity index (χ0n) is 8.24. The van der Waals surface area contributed by atoms with Gasteiger partial charge in [0.2, 0.25) is 0 Å². The van der Waals surface area contributed by atoms with Crippen molar-refractivity contribution in [1.82, 2.24) is 0 Å². The maximum absolute atomic E-state index is 11.2. The highest BCUT2D eigenvalue weighted by Gasteiger charge is 2.21. The van der Waals surface area contributed by atoms with Crippen LogP contribution in [0.15, 0.2) is 21.1 Å². The van der Waals surface area contributed by atoms with Gasteiger partial charge in [0.05, 0.1) is 11.6 Å². The molecule has 0 saturated carbocycles. The molecule has 0 aromatic heterocycles. The molecule has 1 aromatic carbocycles. The largest absolute Gasteiger partial charge is 0.506 e. The molecule has 0 bridgehead atoms. The van der Waals surface area contributed by atoms with Crippen molar-refractivity contribution < 1.29 is 14.6 Å². The summed E-state index contributed by atoms with van der Waals surface area (Å²) in [6, 6.07) is 2.23. The Morgan fingerprint density at radius 1 is 1.50 bits per heavy atom. The van der Waals surface area contributed by atoms with Crippen LogP contribution in [0.5, 0.6) is 5.75 Å². The second-order valence-electron chi connectivity index (χ2n) is 2.83. The number of phenolic OH excluding ortho intramolecular Hbond substituents is 1. The number of rotatable bonds is 2. The van der Waals surface area contributed by atoms with Crippen molar-refractivity contribution in [2.45, 2.75) is 6.04 Å². The molecule has 0 amide bonds. The SMILES string of the molecule is COC(=O)[C@H](N)c1cc(Br)cc(Br)c1O.Cl. The van der Waals surface area contributed by atoms with Crippen molar-refractivity contribution in [3.63, 3.8) is 0 Å². The average molecular weight is 375 g/mol. The molecule has 1 aromatic rings. The molecule has 16 heavy (non-hydrogen) atoms. The molecule has 0 fully saturated rings. The number of methoxy groups -OCH3 is 1. The van der Waals surface area contributed by atoms with Gasteiger partial charge >= 0.3 is 5.97 Å². The van der Waals surface area contributed by atoms with Crippen LogP contribution in [0.1, 0.15) is 11.6 Å². The summed E-state index contributed by atoms with van der Waals surface area (Å²) in [4.78, 5) is 11.2. The smallest absolute Gasteiger partial charge is 0.327 e. The number of carbonyl (C=O) groups excluding carboxylic acids is 1. The number of aromatic hydroxyl groups is 1. The third-order valence-corrected chi connectivity index (χ3v) is 2.91. The van der Waals surface area contributed by atoms with Crippen LogP contribution < -0.4 is 5.73 Å². The van der Waals surface area contributed by atoms with Gasteiger partial charge in [0.25, 0.3) is 0 Å². The average Bonchev–Trinajstić information content (AvgIpc) is 2.21. The van der Waals surface area contributed by atoms with E-state index in [2.05, 4.69) is 36.6 Å². The number of benzene rings is 1. The van der Waals surface area contributed by atoms with E-state index in [1.54, 1.807) is 12.1 Å². The van der Waals surface area contributed by atoms with Crippen LogP contribution in [0.3, 0.4) is 0 Å². The number of nitrogens with two attached hydrogens (primary N) is 1. The summed E-state index contributed by atoms with van der Waals surface area (Å²) in [6.45, 7) is 0. The summed E-state index contributed by atoms with van der Waals surface area (Å²) in [7, 11) is 1.24. The highest BCUT2D eigenvalue weighted by atomic mass is 79.9. The maximum Gasteiger partial charge on any atom is 0.327 e. The van der Waals surface area contributed by atoms with Crippen LogP contribution in [-0.4, -0.2) is 18.2 Å². The lowest BCUT2D eigenvalue weighted by atomic mass is 10.1. The Hall–Kier alpha value is -0.300. The van der Waals surface area contributed by atoms with Crippen LogP contribution in [0.4, 0.5) is 0 Å². The second-order valence-corrected chi connectivity index (χ2v) is 4.60. The first-order valence-corrected chi connectivity index (χ1v) is 5.57. The molecule has 0 aliphatic carbocycles. The molecule has 3 N–H and O–H groups in total. The van der Waals surface area contributed by atoms with Gasteiger partial charge in [-0.25, -0.2) is 0 Å². The molecule has 0 radical (unpaired) electrons. The minimum atomic E-state index is -0.996. The van der Waals surface area contributed by atoms with Gasteiger partial charge in [-0.1, -0.05) is 15.9 Å². The summed E-state index contributed by atoms with van der Waals surface area (Å²) in [5, 5.41) is 9.68. The second kappa shape index (κ2) is 6.44. The van der Waals surface area contributed by atoms with E-state index in [9.17, 15) is 9.90 Å². The van der Waals surface area contributed by atoms with Gasteiger partial charge in [-0.05, 0) is 28.1 Å². The van der Waals surface area contributed by atoms with Gasteiger partial charge in [0, 0.05) is 10.0 Å². The molecule has 0 aliphatic heterocycles. The Morgan fingerprint density at radius 2 is 2.06 bits per heavy atom. The minimum Gasteiger partial charge on any atom is -0.506 e. The van der Waals surface area contributed by atoms with Crippen LogP contribution in [0.25, 0.3) is 0 Å². The number of phenols is 1. The number of hydrogen-bond acceptors (Lipinski definition) is 4. The van der Waals surface area contributed by atoms with E-state index < -0.39 is 12.0 Å². The predicted molar refractivity (Wildman–Crippen MR) is 69.7 cm³/mol. The standard InChI is InChI=1S/C9H9Br2NO3.ClH/c1-15-9(14)7(12)5-2-4(10)3-6(11)8(5)13;/h2-3,7,13H,12H2,1H3;1H/t7-;/m1./s1. The quantitative estimate of drug-likeness (QED) is 0.779. The first-order valence-electron chi connectivity index (χ1n) is 3.98. The van der Waals surface area contributed by atoms with Crippen LogP contribution in [-0.2, 0) is 9.53 Å². The summed E-state index contributed by atoms with van der Waals surface area (Å²) in [6.07, 6.45) is 0. The molecule has 1 atom stereocenters. The van der Waals surface area contributed by atoms with E-state index in [1.165, 1.54) is 7.11 Å². The van der Waals surface area contributed by atoms with E-state index >= 15 is 0 Å². The molecule has 0 aliphatic rings. The monoisotopic (exact) mass is 373 g/mol. The molecule has 1 rings (SSSR count). The lowest BCUT2D eigenvalue weighted by Crippen LogP contribution is -2.22. The number of ether oxygens (including phenoxy) is 1. The predicted octanol–water partition coefficient (Wildman–Crippen LogP) is 2.51. The van der Waals surface area contributed by atoms with E-state index in [4.69, 9.17) is 5.73 Å². The lowest BCUT2D eigenvalue weighted by molar-refractivity contribution is -0.142. The molecule has 7 heteroatoms. The Kier molecular flexibility index (Phi) is 6.32. The first kappa shape index (κ1) is 15.7. The number of hydrogen-bond donors (Lipinski definition) is 2. The highest BCUT2D eigenvalue weighted by Crippen LogP contribution is 2.34. The fraction of sp³-hybridized carbons (Fsp3) is 0.222. The number of halogens is 3. The van der Waals surface area contributed by atoms with Gasteiger partial charge in [0.1, 0.15) is 11.8 Å². The molecular formula is C9H10Br2ClNO3. The van der Waals surface area contributed by atoms with Crippen molar-refractivity contribution in [3.8, 4) is 5.75 Å². The summed E-state index contributed by atoms with van der Waals surface area (Å²) >= 11 is 6.39. The molecule has 0 spiro atoms. The van der Waals surface area contributed by atoms with Gasteiger partial charge in [-0.3, -0.25) is 4.79 Å². The Labute approximate surface area is 116 Å². The Morgan fingerprint density at radius 3 is 2.56 bits per heavy atom. The van der Waals surface area contributed by atoms with Gasteiger partial charge in [-0.2, -0.15) is 0 Å². The van der Waals surface area contributed by atoms with Crippen molar-refractivity contribution in [1.29, 1.82) is 0 Å². The van der Waals surface area contributed by atoms with Gasteiger partial charge < -0.3 is 15.6 Å². The normalized spacial score (nSPS) is 11.5. The number of esters is 1. The maximum atomic E-state index is 11.2. The summed E-state index contributed by atoms with van der Waals surface area (Å²) in [5.41, 5.74) is 5.92. The van der Waals surface area contributed by atoms with E-state index in [0.717, 1.165) is 0 Å². The summed E-state index contributed by atoms with van der Waals surface area (Å²) < 4.78 is 5.67. The van der Waals surface area contributed by atoms with E-state index in [-0.39, 0.29) is 18.2 Å². The number of carbonyl (C=O) groups is 1. The molecule has 0 saturated heterocycles. The fourth-order valence-electron chi connectivity index (χ4n) is 1.08. The third-order valence-electron chi connectivity index (χ3n) is 1.85. The molecule has 4 nitrogen and oxygen atoms in total. The zero-order chi connectivity index (χ0) is 11.6. The Bertz CT molecular complexity index is 401. The van der Waals surface area contributed by atoms with Crippen LogP contribution >= 0.6 is 44.3 Å². The third kappa shape index (κ3) is 3.35. The van der Waals surface area contributed by atoms with Crippen molar-refractivity contribution in [2.75, 3.05) is 7.11 Å². The molecule has 0 heterocycles. The molecule has 90 valence electrons. The molecule has 0 unspecified atom stereocenters. The fourth-order valence-corrected chi connectivity index (χ4v) is 2.34. The topological polar surface area (TPSA) is 72.5 Å². The van der Waals surface area contributed by atoms with Gasteiger partial charge in [-0.15, -0.1) is 12.4 Å². The van der Waals surface area contributed by atoms with Crippen molar-refractivity contribution in [3.05, 3.63) is 26.6 Å². The summed E-state index contributed by atoms with van der Waals surface area (Å²) in [5.74, 6) is -0.661. The van der Waals surface area contributed by atoms with E-state index in [1.807, 2.05) is 0 Å². The Balaban J connectivity index is 0.00000225. The molecular weight excluding hydrogens is 365 g/mol. The zero-order valence-corrected chi connectivity index (χ0v) is 12.2. The minimum absolute atomic E-state index is 0. The van der Waals surface area contributed by atoms with Gasteiger partial charge in [0.15, 0.2) is 0 Å². The highest BCUT2D eigenvalue weighted by molar-refractivity contribution is 9.11. The first-order chi connectivity index (χ1) is 6.97. The van der Waals surface area contributed by atoms with Crippen LogP contribution in [0, 0.1) is 0 Å². The van der Waals surface area contributed by atoms with Crippen molar-refractivity contribution in [2.24, 2.45) is 5.73 Å².